The minimum Gasteiger partial charge on any atom is -0.371 e. The number of fused-ring (bicyclic) bond motifs is 1. The molecule has 53 heavy (non-hydrogen) atoms. The monoisotopic (exact) mass is 718 g/mol. The molecule has 13 nitrogen and oxygen atoms in total. The second-order valence-corrected chi connectivity index (χ2v) is 15.4. The number of benzene rings is 2. The number of nitrogens with two attached hydrogens (primary N) is 1. The van der Waals surface area contributed by atoms with Gasteiger partial charge in [-0.25, -0.2) is 9.97 Å². The molecule has 1 spiro atoms. The molecule has 1 atom stereocenters. The van der Waals surface area contributed by atoms with Gasteiger partial charge in [-0.15, -0.1) is 0 Å². The summed E-state index contributed by atoms with van der Waals surface area (Å²) in [7, 11) is 0. The number of anilines is 2. The molecule has 6 heterocycles. The van der Waals surface area contributed by atoms with E-state index in [1.807, 2.05) is 6.07 Å². The summed E-state index contributed by atoms with van der Waals surface area (Å²) in [4.78, 5) is 80.0. The van der Waals surface area contributed by atoms with Gasteiger partial charge in [-0.2, -0.15) is 0 Å². The number of nitrogens with zero attached hydrogens (tertiary/aromatic N) is 6. The highest BCUT2D eigenvalue weighted by atomic mass is 16.2. The van der Waals surface area contributed by atoms with Crippen molar-refractivity contribution < 1.29 is 24.0 Å². The van der Waals surface area contributed by atoms with Gasteiger partial charge in [-0.3, -0.25) is 39.1 Å². The lowest BCUT2D eigenvalue weighted by atomic mass is 9.71. The Balaban J connectivity index is 0.841. The number of carbonyl (C=O) groups is 5. The Morgan fingerprint density at radius 1 is 0.811 bits per heavy atom. The zero-order valence-electron chi connectivity index (χ0n) is 30.0. The van der Waals surface area contributed by atoms with Gasteiger partial charge in [0.05, 0.1) is 23.0 Å². The summed E-state index contributed by atoms with van der Waals surface area (Å²) in [6.45, 7) is 6.53. The zero-order valence-corrected chi connectivity index (χ0v) is 30.0. The van der Waals surface area contributed by atoms with Gasteiger partial charge in [0.1, 0.15) is 17.6 Å². The van der Waals surface area contributed by atoms with Crippen LogP contribution < -0.4 is 20.9 Å². The van der Waals surface area contributed by atoms with E-state index in [0.29, 0.717) is 35.2 Å². The fourth-order valence-corrected chi connectivity index (χ4v) is 8.84. The fraction of sp³-hybridized carbons (Fsp3) is 0.475. The van der Waals surface area contributed by atoms with Crippen molar-refractivity contribution >= 4 is 41.0 Å². The number of likely N-dealkylation sites (tertiary alicyclic amines) is 1. The molecule has 0 bridgehead atoms. The number of imide groups is 2. The minimum atomic E-state index is -0.960. The molecule has 13 heteroatoms. The maximum atomic E-state index is 13.3. The van der Waals surface area contributed by atoms with Crippen molar-refractivity contribution in [3.8, 4) is 0 Å². The molecule has 5 aliphatic heterocycles. The van der Waals surface area contributed by atoms with E-state index in [2.05, 4.69) is 49.3 Å². The van der Waals surface area contributed by atoms with Crippen molar-refractivity contribution in [1.82, 2.24) is 25.1 Å². The normalized spacial score (nSPS) is 22.0. The van der Waals surface area contributed by atoms with Crippen LogP contribution in [0.25, 0.3) is 0 Å². The summed E-state index contributed by atoms with van der Waals surface area (Å²) in [5.74, 6) is -1.67. The van der Waals surface area contributed by atoms with Crippen LogP contribution in [0, 0.1) is 5.41 Å². The minimum absolute atomic E-state index is 0.101. The second kappa shape index (κ2) is 14.3. The maximum Gasteiger partial charge on any atom is 0.269 e. The number of nitrogens with one attached hydrogen (secondary N) is 1. The number of piperidine rings is 4. The molecule has 3 N–H and O–H groups in total. The van der Waals surface area contributed by atoms with Crippen LogP contribution in [0.4, 0.5) is 11.5 Å². The number of primary amides is 1. The summed E-state index contributed by atoms with van der Waals surface area (Å²) >= 11 is 0. The van der Waals surface area contributed by atoms with Gasteiger partial charge in [0, 0.05) is 51.3 Å². The van der Waals surface area contributed by atoms with Crippen LogP contribution in [-0.2, 0) is 22.6 Å². The molecule has 1 unspecified atom stereocenters. The predicted octanol–water partition coefficient (Wildman–Crippen LogP) is 3.44. The van der Waals surface area contributed by atoms with Gasteiger partial charge < -0.3 is 15.5 Å². The van der Waals surface area contributed by atoms with Gasteiger partial charge in [-0.1, -0.05) is 18.2 Å². The molecule has 0 radical (unpaired) electrons. The molecule has 8 rings (SSSR count). The maximum absolute atomic E-state index is 13.3. The summed E-state index contributed by atoms with van der Waals surface area (Å²) in [6, 6.07) is 13.0. The lowest BCUT2D eigenvalue weighted by Gasteiger charge is -2.47. The molecule has 3 aromatic rings. The van der Waals surface area contributed by atoms with Crippen molar-refractivity contribution in [3.63, 3.8) is 0 Å². The number of aromatic nitrogens is 2. The van der Waals surface area contributed by atoms with Crippen molar-refractivity contribution in [3.05, 3.63) is 82.3 Å². The second-order valence-electron chi connectivity index (χ2n) is 15.4. The number of hydrogen-bond donors (Lipinski definition) is 2. The molecule has 0 aliphatic carbocycles. The van der Waals surface area contributed by atoms with Crippen LogP contribution in [-0.4, -0.2) is 94.6 Å². The Kier molecular flexibility index (Phi) is 9.44. The van der Waals surface area contributed by atoms with Gasteiger partial charge >= 0.3 is 0 Å². The molecule has 5 aliphatic rings. The third kappa shape index (κ3) is 7.01. The topological polar surface area (TPSA) is 162 Å². The van der Waals surface area contributed by atoms with E-state index in [4.69, 9.17) is 10.7 Å². The summed E-state index contributed by atoms with van der Waals surface area (Å²) < 4.78 is 0. The fourth-order valence-electron chi connectivity index (χ4n) is 8.84. The largest absolute Gasteiger partial charge is 0.371 e. The van der Waals surface area contributed by atoms with Crippen molar-refractivity contribution in [1.29, 1.82) is 0 Å². The van der Waals surface area contributed by atoms with E-state index in [0.717, 1.165) is 99.6 Å². The first-order valence-electron chi connectivity index (χ1n) is 19.0. The SMILES string of the molecule is NC(=O)c1ncc(N2CCCCC2)nc1Cc1ccc(N2CCC3(CCN(Cc4ccc5c(c4)C(=O)N(C4CCC(=O)NC4=O)C5=O)CC3)CC2)cc1. The number of carbonyl (C=O) groups excluding carboxylic acids is 5. The molecule has 4 fully saturated rings. The number of amides is 5. The standard InChI is InChI=1S/C40H46N8O5/c41-36(50)35-31(43-33(24-42-35)47-16-2-1-3-17-47)23-26-4-7-28(8-5-26)46-20-14-40(15-21-46)12-18-45(19-13-40)25-27-6-9-29-30(22-27)39(53)48(38(29)52)32-10-11-34(49)44-37(32)51/h4-9,22,24,32H,1-3,10-21,23,25H2,(H2,41,50)(H,44,49,51). The van der Waals surface area contributed by atoms with Gasteiger partial charge in [0.2, 0.25) is 11.8 Å². The van der Waals surface area contributed by atoms with E-state index in [1.54, 1.807) is 18.3 Å². The Labute approximate surface area is 308 Å². The van der Waals surface area contributed by atoms with E-state index in [1.165, 1.54) is 12.1 Å². The Morgan fingerprint density at radius 3 is 2.19 bits per heavy atom. The number of hydrogen-bond acceptors (Lipinski definition) is 10. The van der Waals surface area contributed by atoms with Gasteiger partial charge in [0.15, 0.2) is 0 Å². The molecular weight excluding hydrogens is 672 g/mol. The van der Waals surface area contributed by atoms with E-state index < -0.39 is 29.7 Å². The third-order valence-corrected chi connectivity index (χ3v) is 12.1. The zero-order chi connectivity index (χ0) is 36.7. The lowest BCUT2D eigenvalue weighted by molar-refractivity contribution is -0.136. The van der Waals surface area contributed by atoms with Crippen molar-refractivity contribution in [2.75, 3.05) is 49.1 Å². The average Bonchev–Trinajstić information content (AvgIpc) is 3.41. The highest BCUT2D eigenvalue weighted by molar-refractivity contribution is 6.23. The first-order chi connectivity index (χ1) is 25.7. The molecular formula is C40H46N8O5. The van der Waals surface area contributed by atoms with Crippen LogP contribution in [0.5, 0.6) is 0 Å². The Morgan fingerprint density at radius 2 is 1.49 bits per heavy atom. The highest BCUT2D eigenvalue weighted by Crippen LogP contribution is 2.42. The van der Waals surface area contributed by atoms with Gasteiger partial charge in [-0.05, 0) is 105 Å². The third-order valence-electron chi connectivity index (χ3n) is 12.1. The molecule has 276 valence electrons. The lowest BCUT2D eigenvalue weighted by Crippen LogP contribution is -2.54. The van der Waals surface area contributed by atoms with Crippen LogP contribution in [0.15, 0.2) is 48.7 Å². The van der Waals surface area contributed by atoms with Gasteiger partial charge in [0.25, 0.3) is 17.7 Å². The van der Waals surface area contributed by atoms with Crippen molar-refractivity contribution in [2.45, 2.75) is 76.8 Å². The quantitative estimate of drug-likeness (QED) is 0.330. The van der Waals surface area contributed by atoms with E-state index in [-0.39, 0.29) is 24.4 Å². The van der Waals surface area contributed by atoms with E-state index >= 15 is 0 Å². The molecule has 2 aromatic carbocycles. The molecule has 1 aromatic heterocycles. The number of rotatable bonds is 8. The summed E-state index contributed by atoms with van der Waals surface area (Å²) in [6.07, 6.45) is 10.4. The summed E-state index contributed by atoms with van der Waals surface area (Å²) in [5.41, 5.74) is 10.7. The Bertz CT molecular complexity index is 1940. The first kappa shape index (κ1) is 34.9. The Hall–Kier alpha value is -5.17. The van der Waals surface area contributed by atoms with Crippen LogP contribution in [0.2, 0.25) is 0 Å². The smallest absolute Gasteiger partial charge is 0.269 e. The molecule has 0 saturated carbocycles. The average molecular weight is 719 g/mol. The van der Waals surface area contributed by atoms with Crippen LogP contribution >= 0.6 is 0 Å². The van der Waals surface area contributed by atoms with Crippen molar-refractivity contribution in [2.24, 2.45) is 11.1 Å². The highest BCUT2D eigenvalue weighted by Gasteiger charge is 2.45. The molecule has 4 saturated heterocycles. The first-order valence-corrected chi connectivity index (χ1v) is 19.0. The van der Waals surface area contributed by atoms with Crippen LogP contribution in [0.1, 0.15) is 106 Å². The summed E-state index contributed by atoms with van der Waals surface area (Å²) in [5, 5.41) is 2.25. The van der Waals surface area contributed by atoms with Crippen LogP contribution in [0.3, 0.4) is 0 Å². The predicted molar refractivity (Wildman–Crippen MR) is 197 cm³/mol. The molecule has 5 amide bonds. The van der Waals surface area contributed by atoms with E-state index in [9.17, 15) is 24.0 Å².